The molecule has 1 atom stereocenters. The number of likely N-dealkylation sites (N-methyl/N-ethyl adjacent to an activating group) is 1. The van der Waals surface area contributed by atoms with E-state index in [4.69, 9.17) is 0 Å². The molecule has 1 unspecified atom stereocenters. The molecule has 0 spiro atoms. The molecular weight excluding hydrogens is 188 g/mol. The van der Waals surface area contributed by atoms with E-state index in [1.807, 2.05) is 12.1 Å². The van der Waals surface area contributed by atoms with Crippen LogP contribution in [0.15, 0.2) is 18.3 Å². The Labute approximate surface area is 90.7 Å². The Hall–Kier alpha value is -1.16. The third kappa shape index (κ3) is 2.89. The van der Waals surface area contributed by atoms with E-state index in [2.05, 4.69) is 27.5 Å². The number of hydrogen-bond donors (Lipinski definition) is 1. The maximum Gasteiger partial charge on any atom is 0.148 e. The summed E-state index contributed by atoms with van der Waals surface area (Å²) in [5.41, 5.74) is 0. The Morgan fingerprint density at radius 1 is 1.53 bits per heavy atom. The van der Waals surface area contributed by atoms with E-state index in [9.17, 15) is 0 Å². The molecule has 2 heterocycles. The standard InChI is InChI=1S/C11H18N4/c1-15-8-3-2-5-10(15)9-12-11-6-4-7-13-14-11/h4,6-7,10H,2-3,5,8-9H2,1H3,(H,12,14). The number of rotatable bonds is 3. The van der Waals surface area contributed by atoms with Crippen molar-refractivity contribution in [3.05, 3.63) is 18.3 Å². The SMILES string of the molecule is CN1CCCCC1CNc1cccnn1. The highest BCUT2D eigenvalue weighted by Gasteiger charge is 2.18. The molecule has 15 heavy (non-hydrogen) atoms. The first-order chi connectivity index (χ1) is 7.36. The lowest BCUT2D eigenvalue weighted by Gasteiger charge is -2.32. The first kappa shape index (κ1) is 10.4. The fourth-order valence-electron chi connectivity index (χ4n) is 2.02. The smallest absolute Gasteiger partial charge is 0.148 e. The number of piperidine rings is 1. The number of likely N-dealkylation sites (tertiary alicyclic amines) is 1. The monoisotopic (exact) mass is 206 g/mol. The Morgan fingerprint density at radius 2 is 2.47 bits per heavy atom. The zero-order valence-electron chi connectivity index (χ0n) is 9.19. The van der Waals surface area contributed by atoms with Crippen LogP contribution in [-0.4, -0.2) is 41.3 Å². The van der Waals surface area contributed by atoms with E-state index in [-0.39, 0.29) is 0 Å². The molecule has 1 aliphatic heterocycles. The molecule has 4 nitrogen and oxygen atoms in total. The Bertz CT molecular complexity index is 288. The lowest BCUT2D eigenvalue weighted by atomic mass is 10.0. The zero-order chi connectivity index (χ0) is 10.5. The average molecular weight is 206 g/mol. The minimum Gasteiger partial charge on any atom is -0.367 e. The first-order valence-corrected chi connectivity index (χ1v) is 5.58. The molecule has 2 rings (SSSR count). The van der Waals surface area contributed by atoms with Gasteiger partial charge in [0.2, 0.25) is 0 Å². The van der Waals surface area contributed by atoms with Crippen molar-refractivity contribution in [2.24, 2.45) is 0 Å². The van der Waals surface area contributed by atoms with Gasteiger partial charge in [-0.15, -0.1) is 5.10 Å². The van der Waals surface area contributed by atoms with Crippen LogP contribution in [0, 0.1) is 0 Å². The maximum atomic E-state index is 4.01. The van der Waals surface area contributed by atoms with Gasteiger partial charge in [-0.3, -0.25) is 0 Å². The number of aromatic nitrogens is 2. The highest BCUT2D eigenvalue weighted by Crippen LogP contribution is 2.15. The van der Waals surface area contributed by atoms with Crippen molar-refractivity contribution in [1.29, 1.82) is 0 Å². The van der Waals surface area contributed by atoms with Crippen molar-refractivity contribution in [2.45, 2.75) is 25.3 Å². The van der Waals surface area contributed by atoms with Gasteiger partial charge in [0.1, 0.15) is 5.82 Å². The summed E-state index contributed by atoms with van der Waals surface area (Å²) < 4.78 is 0. The predicted molar refractivity (Wildman–Crippen MR) is 60.8 cm³/mol. The maximum absolute atomic E-state index is 4.01. The van der Waals surface area contributed by atoms with E-state index in [0.717, 1.165) is 12.4 Å². The number of nitrogens with zero attached hydrogens (tertiary/aromatic N) is 3. The normalized spacial score (nSPS) is 22.6. The van der Waals surface area contributed by atoms with Crippen LogP contribution in [0.5, 0.6) is 0 Å². The summed E-state index contributed by atoms with van der Waals surface area (Å²) in [5, 5.41) is 11.2. The van der Waals surface area contributed by atoms with E-state index < -0.39 is 0 Å². The van der Waals surface area contributed by atoms with Gasteiger partial charge >= 0.3 is 0 Å². The molecule has 0 aliphatic carbocycles. The summed E-state index contributed by atoms with van der Waals surface area (Å²) in [6, 6.07) is 4.50. The highest BCUT2D eigenvalue weighted by molar-refractivity contribution is 5.31. The number of hydrogen-bond acceptors (Lipinski definition) is 4. The van der Waals surface area contributed by atoms with Crippen LogP contribution < -0.4 is 5.32 Å². The third-order valence-electron chi connectivity index (χ3n) is 3.01. The van der Waals surface area contributed by atoms with Crippen LogP contribution in [0.25, 0.3) is 0 Å². The minimum atomic E-state index is 0.640. The van der Waals surface area contributed by atoms with Gasteiger partial charge in [-0.2, -0.15) is 5.10 Å². The van der Waals surface area contributed by atoms with Gasteiger partial charge in [0, 0.05) is 18.8 Å². The molecule has 1 aliphatic rings. The predicted octanol–water partition coefficient (Wildman–Crippen LogP) is 1.37. The molecule has 4 heteroatoms. The van der Waals surface area contributed by atoms with Crippen molar-refractivity contribution in [3.63, 3.8) is 0 Å². The van der Waals surface area contributed by atoms with Crippen molar-refractivity contribution < 1.29 is 0 Å². The van der Waals surface area contributed by atoms with Gasteiger partial charge < -0.3 is 10.2 Å². The molecule has 1 aromatic heterocycles. The second-order valence-electron chi connectivity index (χ2n) is 4.12. The number of nitrogens with one attached hydrogen (secondary N) is 1. The minimum absolute atomic E-state index is 0.640. The molecule has 0 aromatic carbocycles. The Morgan fingerprint density at radius 3 is 3.20 bits per heavy atom. The molecule has 82 valence electrons. The van der Waals surface area contributed by atoms with Crippen LogP contribution in [0.3, 0.4) is 0 Å². The summed E-state index contributed by atoms with van der Waals surface area (Å²) >= 11 is 0. The summed E-state index contributed by atoms with van der Waals surface area (Å²) in [6.07, 6.45) is 5.65. The highest BCUT2D eigenvalue weighted by atomic mass is 15.2. The molecule has 0 saturated carbocycles. The van der Waals surface area contributed by atoms with Gasteiger partial charge in [0.25, 0.3) is 0 Å². The Kier molecular flexibility index (Phi) is 3.50. The van der Waals surface area contributed by atoms with E-state index in [1.165, 1.54) is 25.8 Å². The summed E-state index contributed by atoms with van der Waals surface area (Å²) in [6.45, 7) is 2.18. The van der Waals surface area contributed by atoms with Crippen molar-refractivity contribution in [3.8, 4) is 0 Å². The average Bonchev–Trinajstić information content (AvgIpc) is 2.29. The molecule has 0 bridgehead atoms. The van der Waals surface area contributed by atoms with Gasteiger partial charge in [-0.25, -0.2) is 0 Å². The van der Waals surface area contributed by atoms with Gasteiger partial charge in [0.15, 0.2) is 0 Å². The van der Waals surface area contributed by atoms with Crippen LogP contribution in [0.4, 0.5) is 5.82 Å². The van der Waals surface area contributed by atoms with Crippen molar-refractivity contribution in [2.75, 3.05) is 25.5 Å². The van der Waals surface area contributed by atoms with Crippen LogP contribution >= 0.6 is 0 Å². The molecule has 0 amide bonds. The second-order valence-corrected chi connectivity index (χ2v) is 4.12. The van der Waals surface area contributed by atoms with E-state index in [1.54, 1.807) is 6.20 Å². The van der Waals surface area contributed by atoms with Gasteiger partial charge in [-0.1, -0.05) is 6.42 Å². The Balaban J connectivity index is 1.82. The van der Waals surface area contributed by atoms with E-state index >= 15 is 0 Å². The fraction of sp³-hybridized carbons (Fsp3) is 0.636. The molecule has 1 N–H and O–H groups in total. The molecule has 1 saturated heterocycles. The van der Waals surface area contributed by atoms with Crippen LogP contribution in [-0.2, 0) is 0 Å². The molecular formula is C11H18N4. The molecule has 0 radical (unpaired) electrons. The van der Waals surface area contributed by atoms with Crippen molar-refractivity contribution >= 4 is 5.82 Å². The second kappa shape index (κ2) is 5.07. The molecule has 1 fully saturated rings. The van der Waals surface area contributed by atoms with Gasteiger partial charge in [-0.05, 0) is 38.6 Å². The quantitative estimate of drug-likeness (QED) is 0.811. The topological polar surface area (TPSA) is 41.0 Å². The third-order valence-corrected chi connectivity index (χ3v) is 3.01. The van der Waals surface area contributed by atoms with Crippen LogP contribution in [0.2, 0.25) is 0 Å². The summed E-state index contributed by atoms with van der Waals surface area (Å²) in [4.78, 5) is 2.42. The summed E-state index contributed by atoms with van der Waals surface area (Å²) in [5.74, 6) is 0.872. The van der Waals surface area contributed by atoms with Gasteiger partial charge in [0.05, 0.1) is 0 Å². The van der Waals surface area contributed by atoms with Crippen molar-refractivity contribution in [1.82, 2.24) is 15.1 Å². The lowest BCUT2D eigenvalue weighted by molar-refractivity contribution is 0.194. The fourth-order valence-corrected chi connectivity index (χ4v) is 2.02. The largest absolute Gasteiger partial charge is 0.367 e. The van der Waals surface area contributed by atoms with Crippen LogP contribution in [0.1, 0.15) is 19.3 Å². The lowest BCUT2D eigenvalue weighted by Crippen LogP contribution is -2.40. The molecule has 1 aromatic rings. The van der Waals surface area contributed by atoms with E-state index in [0.29, 0.717) is 6.04 Å². The summed E-state index contributed by atoms with van der Waals surface area (Å²) in [7, 11) is 2.20. The number of anilines is 1. The zero-order valence-corrected chi connectivity index (χ0v) is 9.19. The first-order valence-electron chi connectivity index (χ1n) is 5.58.